The van der Waals surface area contributed by atoms with Gasteiger partial charge in [0.25, 0.3) is 0 Å². The minimum absolute atomic E-state index is 0.198. The van der Waals surface area contributed by atoms with Crippen LogP contribution in [0.1, 0.15) is 30.0 Å². The summed E-state index contributed by atoms with van der Waals surface area (Å²) in [5.74, 6) is 0.203. The SMILES string of the molecule is CN(C)c1cccc([C@H]2CCCN2C(=O)Cc2ccncc2)c1. The summed E-state index contributed by atoms with van der Waals surface area (Å²) in [6.07, 6.45) is 6.04. The molecule has 0 aliphatic carbocycles. The van der Waals surface area contributed by atoms with Gasteiger partial charge in [0.1, 0.15) is 0 Å². The van der Waals surface area contributed by atoms with Crippen LogP contribution in [0.5, 0.6) is 0 Å². The van der Waals surface area contributed by atoms with Gasteiger partial charge in [-0.05, 0) is 48.2 Å². The number of carbonyl (C=O) groups is 1. The summed E-state index contributed by atoms with van der Waals surface area (Å²) in [7, 11) is 4.08. The first-order valence-corrected chi connectivity index (χ1v) is 8.11. The molecule has 23 heavy (non-hydrogen) atoms. The number of anilines is 1. The van der Waals surface area contributed by atoms with E-state index in [2.05, 4.69) is 34.1 Å². The maximum Gasteiger partial charge on any atom is 0.227 e. The van der Waals surface area contributed by atoms with E-state index in [1.807, 2.05) is 31.1 Å². The highest BCUT2D eigenvalue weighted by atomic mass is 16.2. The summed E-state index contributed by atoms with van der Waals surface area (Å²) in [4.78, 5) is 20.9. The van der Waals surface area contributed by atoms with Crippen molar-refractivity contribution < 1.29 is 4.79 Å². The van der Waals surface area contributed by atoms with Crippen molar-refractivity contribution in [2.45, 2.75) is 25.3 Å². The lowest BCUT2D eigenvalue weighted by molar-refractivity contribution is -0.131. The quantitative estimate of drug-likeness (QED) is 0.871. The lowest BCUT2D eigenvalue weighted by Gasteiger charge is -2.26. The molecule has 2 heterocycles. The van der Waals surface area contributed by atoms with E-state index < -0.39 is 0 Å². The molecule has 3 rings (SSSR count). The van der Waals surface area contributed by atoms with Crippen LogP contribution in [0.25, 0.3) is 0 Å². The van der Waals surface area contributed by atoms with E-state index in [9.17, 15) is 4.79 Å². The Bertz CT molecular complexity index is 669. The summed E-state index contributed by atoms with van der Waals surface area (Å²) in [6.45, 7) is 0.848. The number of hydrogen-bond acceptors (Lipinski definition) is 3. The largest absolute Gasteiger partial charge is 0.378 e. The third-order valence-electron chi connectivity index (χ3n) is 4.45. The molecular weight excluding hydrogens is 286 g/mol. The number of amides is 1. The van der Waals surface area contributed by atoms with Crippen molar-refractivity contribution in [1.29, 1.82) is 0 Å². The highest BCUT2D eigenvalue weighted by Gasteiger charge is 2.29. The molecule has 0 radical (unpaired) electrons. The number of hydrogen-bond donors (Lipinski definition) is 0. The maximum absolute atomic E-state index is 12.7. The number of nitrogens with zero attached hydrogens (tertiary/aromatic N) is 3. The van der Waals surface area contributed by atoms with Gasteiger partial charge in [0, 0.05) is 38.7 Å². The molecule has 4 heteroatoms. The highest BCUT2D eigenvalue weighted by Crippen LogP contribution is 2.33. The van der Waals surface area contributed by atoms with Crippen molar-refractivity contribution in [2.75, 3.05) is 25.5 Å². The van der Waals surface area contributed by atoms with E-state index in [1.165, 1.54) is 11.3 Å². The molecule has 1 saturated heterocycles. The molecule has 1 aromatic heterocycles. The van der Waals surface area contributed by atoms with Crippen molar-refractivity contribution in [3.8, 4) is 0 Å². The summed E-state index contributed by atoms with van der Waals surface area (Å²) in [6, 6.07) is 12.5. The van der Waals surface area contributed by atoms with Gasteiger partial charge in [0.05, 0.1) is 12.5 Å². The first-order valence-electron chi connectivity index (χ1n) is 8.11. The first-order chi connectivity index (χ1) is 11.1. The second-order valence-corrected chi connectivity index (χ2v) is 6.27. The van der Waals surface area contributed by atoms with E-state index in [0.717, 1.165) is 24.9 Å². The average Bonchev–Trinajstić information content (AvgIpc) is 3.05. The molecular formula is C19H23N3O. The Morgan fingerprint density at radius 2 is 2.04 bits per heavy atom. The van der Waals surface area contributed by atoms with Crippen molar-refractivity contribution in [3.63, 3.8) is 0 Å². The third kappa shape index (κ3) is 3.52. The molecule has 1 amide bonds. The Hall–Kier alpha value is -2.36. The predicted octanol–water partition coefficient (Wildman–Crippen LogP) is 3.05. The zero-order valence-corrected chi connectivity index (χ0v) is 13.8. The van der Waals surface area contributed by atoms with Crippen LogP contribution in [0.15, 0.2) is 48.8 Å². The smallest absolute Gasteiger partial charge is 0.227 e. The molecule has 120 valence electrons. The maximum atomic E-state index is 12.7. The first kappa shape index (κ1) is 15.5. The molecule has 0 N–H and O–H groups in total. The molecule has 1 aliphatic rings. The molecule has 1 fully saturated rings. The Morgan fingerprint density at radius 3 is 2.78 bits per heavy atom. The second-order valence-electron chi connectivity index (χ2n) is 6.27. The number of pyridine rings is 1. The second kappa shape index (κ2) is 6.82. The number of benzene rings is 1. The molecule has 1 aliphatic heterocycles. The van der Waals surface area contributed by atoms with Crippen molar-refractivity contribution >= 4 is 11.6 Å². The van der Waals surface area contributed by atoms with Gasteiger partial charge in [0.15, 0.2) is 0 Å². The van der Waals surface area contributed by atoms with Crippen molar-refractivity contribution in [1.82, 2.24) is 9.88 Å². The van der Waals surface area contributed by atoms with E-state index in [0.29, 0.717) is 6.42 Å². The van der Waals surface area contributed by atoms with Crippen LogP contribution < -0.4 is 4.90 Å². The van der Waals surface area contributed by atoms with Gasteiger partial charge in [-0.25, -0.2) is 0 Å². The Kier molecular flexibility index (Phi) is 4.60. The zero-order valence-electron chi connectivity index (χ0n) is 13.8. The van der Waals surface area contributed by atoms with Crippen LogP contribution in [0.2, 0.25) is 0 Å². The van der Waals surface area contributed by atoms with Crippen molar-refractivity contribution in [3.05, 3.63) is 59.9 Å². The highest BCUT2D eigenvalue weighted by molar-refractivity contribution is 5.79. The predicted molar refractivity (Wildman–Crippen MR) is 92.4 cm³/mol. The van der Waals surface area contributed by atoms with Crippen LogP contribution in [0, 0.1) is 0 Å². The summed E-state index contributed by atoms with van der Waals surface area (Å²) in [5, 5.41) is 0. The average molecular weight is 309 g/mol. The monoisotopic (exact) mass is 309 g/mol. The van der Waals surface area contributed by atoms with Gasteiger partial charge in [-0.1, -0.05) is 12.1 Å². The van der Waals surface area contributed by atoms with Gasteiger partial charge in [-0.2, -0.15) is 0 Å². The van der Waals surface area contributed by atoms with E-state index in [-0.39, 0.29) is 11.9 Å². The minimum atomic E-state index is 0.198. The standard InChI is InChI=1S/C19H23N3O/c1-21(2)17-6-3-5-16(14-17)18-7-4-12-22(18)19(23)13-15-8-10-20-11-9-15/h3,5-6,8-11,14,18H,4,7,12-13H2,1-2H3/t18-/m1/s1. The van der Waals surface area contributed by atoms with Crippen LogP contribution in [0.4, 0.5) is 5.69 Å². The molecule has 0 bridgehead atoms. The molecule has 2 aromatic rings. The van der Waals surface area contributed by atoms with Crippen LogP contribution in [-0.4, -0.2) is 36.4 Å². The summed E-state index contributed by atoms with van der Waals surface area (Å²) < 4.78 is 0. The number of aromatic nitrogens is 1. The fraction of sp³-hybridized carbons (Fsp3) is 0.368. The molecule has 0 unspecified atom stereocenters. The minimum Gasteiger partial charge on any atom is -0.378 e. The van der Waals surface area contributed by atoms with E-state index >= 15 is 0 Å². The summed E-state index contributed by atoms with van der Waals surface area (Å²) in [5.41, 5.74) is 3.44. The van der Waals surface area contributed by atoms with E-state index in [1.54, 1.807) is 12.4 Å². The lowest BCUT2D eigenvalue weighted by atomic mass is 10.0. The molecule has 1 aromatic carbocycles. The lowest BCUT2D eigenvalue weighted by Crippen LogP contribution is -2.31. The van der Waals surface area contributed by atoms with E-state index in [4.69, 9.17) is 0 Å². The molecule has 4 nitrogen and oxygen atoms in total. The number of carbonyl (C=O) groups excluding carboxylic acids is 1. The third-order valence-corrected chi connectivity index (χ3v) is 4.45. The Balaban J connectivity index is 1.77. The van der Waals surface area contributed by atoms with Gasteiger partial charge in [-0.15, -0.1) is 0 Å². The normalized spacial score (nSPS) is 17.3. The molecule has 0 saturated carbocycles. The fourth-order valence-corrected chi connectivity index (χ4v) is 3.20. The van der Waals surface area contributed by atoms with Gasteiger partial charge >= 0.3 is 0 Å². The van der Waals surface area contributed by atoms with Crippen LogP contribution in [0.3, 0.4) is 0 Å². The zero-order chi connectivity index (χ0) is 16.2. The number of rotatable bonds is 4. The number of likely N-dealkylation sites (tertiary alicyclic amines) is 1. The van der Waals surface area contributed by atoms with Crippen molar-refractivity contribution in [2.24, 2.45) is 0 Å². The molecule has 0 spiro atoms. The Morgan fingerprint density at radius 1 is 1.26 bits per heavy atom. The Labute approximate surface area is 137 Å². The molecule has 1 atom stereocenters. The topological polar surface area (TPSA) is 36.4 Å². The van der Waals surface area contributed by atoms with Crippen LogP contribution in [-0.2, 0) is 11.2 Å². The van der Waals surface area contributed by atoms with Gasteiger partial charge in [-0.3, -0.25) is 9.78 Å². The summed E-state index contributed by atoms with van der Waals surface area (Å²) >= 11 is 0. The van der Waals surface area contributed by atoms with Gasteiger partial charge in [0.2, 0.25) is 5.91 Å². The fourth-order valence-electron chi connectivity index (χ4n) is 3.20. The van der Waals surface area contributed by atoms with Gasteiger partial charge < -0.3 is 9.80 Å². The van der Waals surface area contributed by atoms with Crippen LogP contribution >= 0.6 is 0 Å².